The van der Waals surface area contributed by atoms with Crippen LogP contribution in [-0.4, -0.2) is 27.4 Å². The van der Waals surface area contributed by atoms with Crippen molar-refractivity contribution in [3.05, 3.63) is 23.3 Å². The zero-order valence-corrected chi connectivity index (χ0v) is 13.8. The monoisotopic (exact) mass is 325 g/mol. The number of rotatable bonds is 4. The van der Waals surface area contributed by atoms with Gasteiger partial charge in [-0.15, -0.1) is 0 Å². The molecule has 22 heavy (non-hydrogen) atoms. The summed E-state index contributed by atoms with van der Waals surface area (Å²) in [5, 5.41) is 11.3. The van der Waals surface area contributed by atoms with Crippen LogP contribution in [0.15, 0.2) is 17.0 Å². The molecule has 1 saturated heterocycles. The molecular weight excluding hydrogens is 302 g/mol. The number of piperidine rings is 1. The Morgan fingerprint density at radius 2 is 1.95 bits per heavy atom. The molecule has 6 nitrogen and oxygen atoms in total. The second kappa shape index (κ2) is 6.76. The minimum absolute atomic E-state index is 0.0211. The predicted octanol–water partition coefficient (Wildman–Crippen LogP) is 1.28. The van der Waals surface area contributed by atoms with Crippen LogP contribution in [0, 0.1) is 19.8 Å². The molecule has 1 fully saturated rings. The number of sulfonamides is 1. The van der Waals surface area contributed by atoms with Crippen molar-refractivity contribution >= 4 is 21.6 Å². The fraction of sp³-hybridized carbons (Fsp3) is 0.533. The van der Waals surface area contributed by atoms with Gasteiger partial charge in [-0.25, -0.2) is 13.6 Å². The Morgan fingerprint density at radius 1 is 1.32 bits per heavy atom. The number of carbonyl (C=O) groups excluding carboxylic acids is 1. The number of amides is 1. The summed E-state index contributed by atoms with van der Waals surface area (Å²) < 4.78 is 23.0. The second-order valence-electron chi connectivity index (χ2n) is 5.90. The maximum Gasteiger partial charge on any atom is 0.238 e. The van der Waals surface area contributed by atoms with Crippen molar-refractivity contribution in [2.24, 2.45) is 11.1 Å². The van der Waals surface area contributed by atoms with Gasteiger partial charge in [0.1, 0.15) is 0 Å². The first-order valence-corrected chi connectivity index (χ1v) is 8.96. The maximum atomic E-state index is 12.2. The number of primary sulfonamides is 1. The largest absolute Gasteiger partial charge is 0.326 e. The second-order valence-corrected chi connectivity index (χ2v) is 7.46. The molecule has 1 aliphatic heterocycles. The van der Waals surface area contributed by atoms with Gasteiger partial charge in [-0.1, -0.05) is 0 Å². The molecule has 0 saturated carbocycles. The molecule has 0 unspecified atom stereocenters. The SMILES string of the molecule is Cc1cc(S(N)(=O)=O)cc(NC(=O)CC2CCNCC2)c1C. The van der Waals surface area contributed by atoms with Crippen molar-refractivity contribution in [3.63, 3.8) is 0 Å². The van der Waals surface area contributed by atoms with E-state index in [4.69, 9.17) is 5.14 Å². The number of carbonyl (C=O) groups is 1. The third-order valence-electron chi connectivity index (χ3n) is 4.18. The van der Waals surface area contributed by atoms with Crippen molar-refractivity contribution in [3.8, 4) is 0 Å². The van der Waals surface area contributed by atoms with E-state index in [1.54, 1.807) is 6.92 Å². The third-order valence-corrected chi connectivity index (χ3v) is 5.07. The summed E-state index contributed by atoms with van der Waals surface area (Å²) in [5.41, 5.74) is 2.15. The van der Waals surface area contributed by atoms with Crippen molar-refractivity contribution in [2.45, 2.75) is 38.0 Å². The molecule has 1 aromatic carbocycles. The molecule has 2 rings (SSSR count). The number of hydrogen-bond acceptors (Lipinski definition) is 4. The molecule has 122 valence electrons. The fourth-order valence-electron chi connectivity index (χ4n) is 2.67. The van der Waals surface area contributed by atoms with Gasteiger partial charge in [0.25, 0.3) is 0 Å². The average molecular weight is 325 g/mol. The molecule has 0 radical (unpaired) electrons. The third kappa shape index (κ3) is 4.28. The van der Waals surface area contributed by atoms with E-state index in [1.165, 1.54) is 12.1 Å². The summed E-state index contributed by atoms with van der Waals surface area (Å²) in [6, 6.07) is 2.95. The summed E-state index contributed by atoms with van der Waals surface area (Å²) in [4.78, 5) is 12.2. The molecule has 0 spiro atoms. The normalized spacial score (nSPS) is 16.5. The summed E-state index contributed by atoms with van der Waals surface area (Å²) in [6.45, 7) is 5.53. The average Bonchev–Trinajstić information content (AvgIpc) is 2.43. The van der Waals surface area contributed by atoms with E-state index in [-0.39, 0.29) is 10.8 Å². The Labute approximate surface area is 131 Å². The lowest BCUT2D eigenvalue weighted by Gasteiger charge is -2.22. The molecule has 1 aliphatic rings. The number of nitrogens with two attached hydrogens (primary N) is 1. The van der Waals surface area contributed by atoms with Gasteiger partial charge in [0.15, 0.2) is 0 Å². The molecule has 4 N–H and O–H groups in total. The van der Waals surface area contributed by atoms with Gasteiger partial charge in [0, 0.05) is 12.1 Å². The summed E-state index contributed by atoms with van der Waals surface area (Å²) in [6.07, 6.45) is 2.44. The van der Waals surface area contributed by atoms with Gasteiger partial charge in [0.2, 0.25) is 15.9 Å². The number of nitrogens with one attached hydrogen (secondary N) is 2. The molecule has 0 bridgehead atoms. The fourth-order valence-corrected chi connectivity index (χ4v) is 3.29. The van der Waals surface area contributed by atoms with Gasteiger partial charge >= 0.3 is 0 Å². The quantitative estimate of drug-likeness (QED) is 0.776. The summed E-state index contributed by atoms with van der Waals surface area (Å²) in [5.74, 6) is 0.296. The van der Waals surface area contributed by atoms with Crippen molar-refractivity contribution in [2.75, 3.05) is 18.4 Å². The van der Waals surface area contributed by atoms with Gasteiger partial charge < -0.3 is 10.6 Å². The minimum Gasteiger partial charge on any atom is -0.326 e. The van der Waals surface area contributed by atoms with Crippen molar-refractivity contribution in [1.29, 1.82) is 0 Å². The highest BCUT2D eigenvalue weighted by Crippen LogP contribution is 2.24. The lowest BCUT2D eigenvalue weighted by Crippen LogP contribution is -2.30. The van der Waals surface area contributed by atoms with E-state index in [0.29, 0.717) is 18.0 Å². The molecule has 1 aromatic rings. The standard InChI is InChI=1S/C15H23N3O3S/c1-10-7-13(22(16,20)21)9-14(11(10)2)18-15(19)8-12-3-5-17-6-4-12/h7,9,12,17H,3-6,8H2,1-2H3,(H,18,19)(H2,16,20,21). The Balaban J connectivity index is 2.14. The van der Waals surface area contributed by atoms with Crippen molar-refractivity contribution < 1.29 is 13.2 Å². The van der Waals surface area contributed by atoms with Gasteiger partial charge in [-0.05, 0) is 69.0 Å². The highest BCUT2D eigenvalue weighted by molar-refractivity contribution is 7.89. The van der Waals surface area contributed by atoms with Crippen LogP contribution < -0.4 is 15.8 Å². The number of hydrogen-bond donors (Lipinski definition) is 3. The first kappa shape index (κ1) is 16.9. The highest BCUT2D eigenvalue weighted by atomic mass is 32.2. The Bertz CT molecular complexity index is 665. The highest BCUT2D eigenvalue weighted by Gasteiger charge is 2.18. The van der Waals surface area contributed by atoms with Crippen LogP contribution in [0.25, 0.3) is 0 Å². The number of aryl methyl sites for hydroxylation is 1. The van der Waals surface area contributed by atoms with Gasteiger partial charge in [-0.3, -0.25) is 4.79 Å². The smallest absolute Gasteiger partial charge is 0.238 e. The predicted molar refractivity (Wildman–Crippen MR) is 86.1 cm³/mol. The van der Waals surface area contributed by atoms with Crippen LogP contribution in [0.5, 0.6) is 0 Å². The van der Waals surface area contributed by atoms with Crippen LogP contribution >= 0.6 is 0 Å². The van der Waals surface area contributed by atoms with E-state index in [2.05, 4.69) is 10.6 Å². The molecule has 1 amide bonds. The number of benzene rings is 1. The van der Waals surface area contributed by atoms with Crippen LogP contribution in [0.1, 0.15) is 30.4 Å². The molecule has 7 heteroatoms. The first-order valence-electron chi connectivity index (χ1n) is 7.42. The lowest BCUT2D eigenvalue weighted by molar-refractivity contribution is -0.117. The summed E-state index contributed by atoms with van der Waals surface area (Å²) >= 11 is 0. The van der Waals surface area contributed by atoms with Gasteiger partial charge in [-0.2, -0.15) is 0 Å². The van der Waals surface area contributed by atoms with Crippen LogP contribution in [-0.2, 0) is 14.8 Å². The van der Waals surface area contributed by atoms with Crippen molar-refractivity contribution in [1.82, 2.24) is 5.32 Å². The van der Waals surface area contributed by atoms with E-state index < -0.39 is 10.0 Å². The summed E-state index contributed by atoms with van der Waals surface area (Å²) in [7, 11) is -3.79. The van der Waals surface area contributed by atoms with E-state index >= 15 is 0 Å². The zero-order chi connectivity index (χ0) is 16.3. The van der Waals surface area contributed by atoms with E-state index in [1.807, 2.05) is 6.92 Å². The molecule has 1 heterocycles. The Morgan fingerprint density at radius 3 is 2.55 bits per heavy atom. The molecular formula is C15H23N3O3S. The Hall–Kier alpha value is -1.44. The lowest BCUT2D eigenvalue weighted by atomic mass is 9.94. The topological polar surface area (TPSA) is 101 Å². The number of anilines is 1. The minimum atomic E-state index is -3.79. The van der Waals surface area contributed by atoms with Crippen LogP contribution in [0.3, 0.4) is 0 Å². The van der Waals surface area contributed by atoms with Gasteiger partial charge in [0.05, 0.1) is 4.90 Å². The van der Waals surface area contributed by atoms with Crippen LogP contribution in [0.2, 0.25) is 0 Å². The first-order chi connectivity index (χ1) is 10.3. The van der Waals surface area contributed by atoms with E-state index in [0.717, 1.165) is 37.1 Å². The molecule has 0 aromatic heterocycles. The van der Waals surface area contributed by atoms with E-state index in [9.17, 15) is 13.2 Å². The Kier molecular flexibility index (Phi) is 5.20. The maximum absolute atomic E-state index is 12.2. The molecule has 0 atom stereocenters. The molecule has 0 aliphatic carbocycles. The zero-order valence-electron chi connectivity index (χ0n) is 13.0. The van der Waals surface area contributed by atoms with Crippen LogP contribution in [0.4, 0.5) is 5.69 Å².